The first-order valence-corrected chi connectivity index (χ1v) is 6.12. The van der Waals surface area contributed by atoms with E-state index in [4.69, 9.17) is 10.5 Å². The molecule has 4 nitrogen and oxygen atoms in total. The summed E-state index contributed by atoms with van der Waals surface area (Å²) in [4.78, 5) is 14.8. The van der Waals surface area contributed by atoms with Crippen LogP contribution >= 0.6 is 0 Å². The number of aromatic nitrogens is 1. The van der Waals surface area contributed by atoms with Crippen molar-refractivity contribution in [3.63, 3.8) is 0 Å². The zero-order chi connectivity index (χ0) is 12.7. The number of H-pyrrole nitrogens is 1. The van der Waals surface area contributed by atoms with E-state index < -0.39 is 0 Å². The van der Waals surface area contributed by atoms with Crippen LogP contribution in [-0.2, 0) is 16.0 Å². The second-order valence-electron chi connectivity index (χ2n) is 4.84. The van der Waals surface area contributed by atoms with Gasteiger partial charge in [0.05, 0.1) is 13.5 Å². The molecule has 0 saturated heterocycles. The number of carbonyl (C=O) groups is 1. The van der Waals surface area contributed by atoms with E-state index in [0.717, 1.165) is 17.5 Å². The van der Waals surface area contributed by atoms with E-state index in [-0.39, 0.29) is 17.9 Å². The SMILES string of the molecule is COC(=O)CC1c2cccc3[nH]cc(c23)CC1N. The van der Waals surface area contributed by atoms with Crippen molar-refractivity contribution in [3.8, 4) is 0 Å². The van der Waals surface area contributed by atoms with Gasteiger partial charge in [-0.2, -0.15) is 0 Å². The molecule has 2 atom stereocenters. The third-order valence-corrected chi connectivity index (χ3v) is 3.81. The van der Waals surface area contributed by atoms with E-state index in [1.165, 1.54) is 18.1 Å². The number of hydrogen-bond donors (Lipinski definition) is 2. The van der Waals surface area contributed by atoms with Crippen molar-refractivity contribution >= 4 is 16.9 Å². The minimum absolute atomic E-state index is 0.0296. The van der Waals surface area contributed by atoms with Crippen molar-refractivity contribution in [1.29, 1.82) is 0 Å². The maximum atomic E-state index is 11.5. The Balaban J connectivity index is 2.10. The van der Waals surface area contributed by atoms with Crippen molar-refractivity contribution in [3.05, 3.63) is 35.5 Å². The largest absolute Gasteiger partial charge is 0.469 e. The van der Waals surface area contributed by atoms with Gasteiger partial charge >= 0.3 is 5.97 Å². The van der Waals surface area contributed by atoms with Gasteiger partial charge in [-0.05, 0) is 23.6 Å². The van der Waals surface area contributed by atoms with E-state index >= 15 is 0 Å². The monoisotopic (exact) mass is 244 g/mol. The van der Waals surface area contributed by atoms with Gasteiger partial charge in [0.2, 0.25) is 0 Å². The summed E-state index contributed by atoms with van der Waals surface area (Å²) < 4.78 is 4.76. The van der Waals surface area contributed by atoms with Crippen LogP contribution in [-0.4, -0.2) is 24.1 Å². The fourth-order valence-corrected chi connectivity index (χ4v) is 2.91. The normalized spacial score (nSPS) is 22.1. The van der Waals surface area contributed by atoms with E-state index in [2.05, 4.69) is 11.1 Å². The Morgan fingerprint density at radius 2 is 2.39 bits per heavy atom. The Labute approximate surface area is 105 Å². The van der Waals surface area contributed by atoms with Gasteiger partial charge < -0.3 is 15.5 Å². The number of rotatable bonds is 2. The number of benzene rings is 1. The molecule has 18 heavy (non-hydrogen) atoms. The molecule has 1 aliphatic carbocycles. The predicted molar refractivity (Wildman–Crippen MR) is 69.4 cm³/mol. The summed E-state index contributed by atoms with van der Waals surface area (Å²) in [5, 5.41) is 1.23. The Kier molecular flexibility index (Phi) is 2.59. The van der Waals surface area contributed by atoms with E-state index in [9.17, 15) is 4.79 Å². The standard InChI is InChI=1S/C14H16N2O2/c1-18-13(17)6-10-9-3-2-4-12-14(9)8(7-16-12)5-11(10)15/h2-4,7,10-11,16H,5-6,15H2,1H3. The number of aromatic amines is 1. The van der Waals surface area contributed by atoms with Gasteiger partial charge in [0.15, 0.2) is 0 Å². The molecule has 0 radical (unpaired) electrons. The number of methoxy groups -OCH3 is 1. The smallest absolute Gasteiger partial charge is 0.306 e. The van der Waals surface area contributed by atoms with Gasteiger partial charge in [0, 0.05) is 29.1 Å². The molecule has 0 fully saturated rings. The first-order chi connectivity index (χ1) is 8.70. The van der Waals surface area contributed by atoms with Crippen LogP contribution in [0.5, 0.6) is 0 Å². The molecular formula is C14H16N2O2. The topological polar surface area (TPSA) is 68.1 Å². The summed E-state index contributed by atoms with van der Waals surface area (Å²) in [7, 11) is 1.42. The minimum Gasteiger partial charge on any atom is -0.469 e. The van der Waals surface area contributed by atoms with E-state index in [1.807, 2.05) is 18.3 Å². The molecule has 2 aromatic rings. The molecule has 0 saturated carbocycles. The second kappa shape index (κ2) is 4.14. The summed E-state index contributed by atoms with van der Waals surface area (Å²) in [6.07, 6.45) is 3.17. The fraction of sp³-hybridized carbons (Fsp3) is 0.357. The lowest BCUT2D eigenvalue weighted by molar-refractivity contribution is -0.141. The summed E-state index contributed by atoms with van der Waals surface area (Å²) in [5.41, 5.74) is 9.73. The van der Waals surface area contributed by atoms with Crippen molar-refractivity contribution in [2.24, 2.45) is 5.73 Å². The van der Waals surface area contributed by atoms with Crippen molar-refractivity contribution in [2.75, 3.05) is 7.11 Å². The zero-order valence-electron chi connectivity index (χ0n) is 10.3. The van der Waals surface area contributed by atoms with Gasteiger partial charge in [-0.1, -0.05) is 12.1 Å². The number of carbonyl (C=O) groups excluding carboxylic acids is 1. The van der Waals surface area contributed by atoms with Crippen LogP contribution in [0.3, 0.4) is 0 Å². The van der Waals surface area contributed by atoms with Crippen LogP contribution in [0.1, 0.15) is 23.5 Å². The molecule has 2 unspecified atom stereocenters. The molecule has 3 N–H and O–H groups in total. The van der Waals surface area contributed by atoms with Crippen LogP contribution in [0.15, 0.2) is 24.4 Å². The molecule has 3 rings (SSSR count). The number of hydrogen-bond acceptors (Lipinski definition) is 3. The first kappa shape index (κ1) is 11.3. The van der Waals surface area contributed by atoms with Crippen LogP contribution in [0.2, 0.25) is 0 Å². The Morgan fingerprint density at radius 3 is 3.17 bits per heavy atom. The number of nitrogens with two attached hydrogens (primary N) is 1. The number of nitrogens with one attached hydrogen (secondary N) is 1. The molecule has 0 bridgehead atoms. The molecule has 94 valence electrons. The van der Waals surface area contributed by atoms with E-state index in [1.54, 1.807) is 0 Å². The lowest BCUT2D eigenvalue weighted by Gasteiger charge is -2.28. The first-order valence-electron chi connectivity index (χ1n) is 6.12. The van der Waals surface area contributed by atoms with Gasteiger partial charge in [-0.25, -0.2) is 0 Å². The molecule has 0 spiro atoms. The highest BCUT2D eigenvalue weighted by molar-refractivity contribution is 5.89. The molecule has 4 heteroatoms. The van der Waals surface area contributed by atoms with Gasteiger partial charge in [-0.3, -0.25) is 4.79 Å². The Hall–Kier alpha value is -1.81. The van der Waals surface area contributed by atoms with Gasteiger partial charge in [0.1, 0.15) is 0 Å². The summed E-state index contributed by atoms with van der Waals surface area (Å²) in [5.74, 6) is -0.157. The average Bonchev–Trinajstić information content (AvgIpc) is 2.78. The third kappa shape index (κ3) is 1.61. The third-order valence-electron chi connectivity index (χ3n) is 3.81. The van der Waals surface area contributed by atoms with Crippen LogP contribution in [0, 0.1) is 0 Å². The highest BCUT2D eigenvalue weighted by atomic mass is 16.5. The lowest BCUT2D eigenvalue weighted by atomic mass is 9.79. The molecular weight excluding hydrogens is 228 g/mol. The quantitative estimate of drug-likeness (QED) is 0.790. The van der Waals surface area contributed by atoms with Crippen LogP contribution < -0.4 is 5.73 Å². The molecule has 1 aromatic carbocycles. The van der Waals surface area contributed by atoms with Crippen molar-refractivity contribution < 1.29 is 9.53 Å². The average molecular weight is 244 g/mol. The Morgan fingerprint density at radius 1 is 1.56 bits per heavy atom. The highest BCUT2D eigenvalue weighted by Crippen LogP contribution is 2.37. The minimum atomic E-state index is -0.202. The maximum absolute atomic E-state index is 11.5. The molecule has 1 aliphatic rings. The van der Waals surface area contributed by atoms with Crippen molar-refractivity contribution in [2.45, 2.75) is 24.8 Å². The molecule has 1 aromatic heterocycles. The van der Waals surface area contributed by atoms with Crippen molar-refractivity contribution in [1.82, 2.24) is 4.98 Å². The Bertz CT molecular complexity index is 603. The van der Waals surface area contributed by atoms with Gasteiger partial charge in [0.25, 0.3) is 0 Å². The second-order valence-corrected chi connectivity index (χ2v) is 4.84. The number of esters is 1. The molecule has 1 heterocycles. The highest BCUT2D eigenvalue weighted by Gasteiger charge is 2.30. The molecule has 0 aliphatic heterocycles. The summed E-state index contributed by atoms with van der Waals surface area (Å²) in [6, 6.07) is 6.08. The molecule has 0 amide bonds. The zero-order valence-corrected chi connectivity index (χ0v) is 10.3. The van der Waals surface area contributed by atoms with Gasteiger partial charge in [-0.15, -0.1) is 0 Å². The number of ether oxygens (including phenoxy) is 1. The van der Waals surface area contributed by atoms with Crippen LogP contribution in [0.4, 0.5) is 0 Å². The lowest BCUT2D eigenvalue weighted by Crippen LogP contribution is -2.34. The predicted octanol–water partition coefficient (Wildman–Crippen LogP) is 1.70. The van der Waals surface area contributed by atoms with Crippen LogP contribution in [0.25, 0.3) is 10.9 Å². The summed E-state index contributed by atoms with van der Waals surface area (Å²) in [6.45, 7) is 0. The van der Waals surface area contributed by atoms with E-state index in [0.29, 0.717) is 6.42 Å². The maximum Gasteiger partial charge on any atom is 0.306 e. The summed E-state index contributed by atoms with van der Waals surface area (Å²) >= 11 is 0. The fourth-order valence-electron chi connectivity index (χ4n) is 2.91.